The smallest absolute Gasteiger partial charge is 0.224 e. The van der Waals surface area contributed by atoms with Gasteiger partial charge in [-0.05, 0) is 52.9 Å². The first-order valence-electron chi connectivity index (χ1n) is 7.99. The highest BCUT2D eigenvalue weighted by Gasteiger charge is 2.21. The summed E-state index contributed by atoms with van der Waals surface area (Å²) < 4.78 is 27.9. The van der Waals surface area contributed by atoms with Gasteiger partial charge in [-0.15, -0.1) is 0 Å². The molecule has 0 atom stereocenters. The van der Waals surface area contributed by atoms with Crippen molar-refractivity contribution in [3.05, 3.63) is 63.9 Å². The topological polar surface area (TPSA) is 66.8 Å². The molecule has 1 aliphatic heterocycles. The van der Waals surface area contributed by atoms with Gasteiger partial charge in [0, 0.05) is 18.8 Å². The van der Waals surface area contributed by atoms with E-state index in [0.29, 0.717) is 25.2 Å². The Morgan fingerprint density at radius 3 is 2.52 bits per heavy atom. The van der Waals surface area contributed by atoms with Crippen LogP contribution < -0.4 is 10.2 Å². The predicted molar refractivity (Wildman–Crippen MR) is 98.5 cm³/mol. The number of hydrogen-bond donors (Lipinski definition) is 1. The number of hydrogen-bond acceptors (Lipinski definition) is 6. The lowest BCUT2D eigenvalue weighted by Gasteiger charge is -2.30. The maximum atomic E-state index is 14.1. The lowest BCUT2D eigenvalue weighted by atomic mass is 9.99. The van der Waals surface area contributed by atoms with Crippen LogP contribution >= 0.6 is 23.2 Å². The second-order valence-corrected chi connectivity index (χ2v) is 6.60. The minimum atomic E-state index is -0.614. The van der Waals surface area contributed by atoms with Gasteiger partial charge in [-0.2, -0.15) is 9.97 Å². The van der Waals surface area contributed by atoms with Crippen LogP contribution in [0.3, 0.4) is 0 Å². The van der Waals surface area contributed by atoms with Gasteiger partial charge in [0.15, 0.2) is 23.3 Å². The molecule has 1 aliphatic rings. The van der Waals surface area contributed by atoms with Gasteiger partial charge in [0.25, 0.3) is 0 Å². The number of nitrogens with zero attached hydrogens (tertiary/aromatic N) is 5. The van der Waals surface area contributed by atoms with E-state index >= 15 is 0 Å². The fraction of sp³-hybridized carbons (Fsp3) is 0.176. The zero-order chi connectivity index (χ0) is 19.0. The molecule has 0 spiro atoms. The van der Waals surface area contributed by atoms with Gasteiger partial charge in [0.2, 0.25) is 10.6 Å². The van der Waals surface area contributed by atoms with Gasteiger partial charge in [-0.25, -0.2) is 18.7 Å². The lowest BCUT2D eigenvalue weighted by molar-refractivity contribution is 0.594. The Morgan fingerprint density at radius 2 is 1.70 bits per heavy atom. The maximum absolute atomic E-state index is 14.1. The van der Waals surface area contributed by atoms with Crippen LogP contribution in [-0.2, 0) is 13.0 Å². The second-order valence-electron chi connectivity index (χ2n) is 5.93. The maximum Gasteiger partial charge on any atom is 0.224 e. The highest BCUT2D eigenvalue weighted by atomic mass is 35.5. The molecule has 4 rings (SSSR count). The van der Waals surface area contributed by atoms with Crippen molar-refractivity contribution < 1.29 is 8.78 Å². The normalized spacial score (nSPS) is 13.4. The zero-order valence-corrected chi connectivity index (χ0v) is 15.3. The van der Waals surface area contributed by atoms with Crippen molar-refractivity contribution in [3.8, 4) is 0 Å². The van der Waals surface area contributed by atoms with Crippen LogP contribution in [0.15, 0.2) is 30.6 Å². The van der Waals surface area contributed by atoms with Gasteiger partial charge in [-0.3, -0.25) is 0 Å². The van der Waals surface area contributed by atoms with Crippen molar-refractivity contribution in [2.75, 3.05) is 16.8 Å². The van der Waals surface area contributed by atoms with Crippen molar-refractivity contribution in [3.63, 3.8) is 0 Å². The minimum absolute atomic E-state index is 0.0104. The number of anilines is 3. The first-order chi connectivity index (χ1) is 13.0. The molecule has 0 saturated heterocycles. The first-order valence-corrected chi connectivity index (χ1v) is 8.75. The van der Waals surface area contributed by atoms with E-state index in [1.54, 1.807) is 4.90 Å². The Hall–Kier alpha value is -2.58. The van der Waals surface area contributed by atoms with Crippen LogP contribution in [0.5, 0.6) is 0 Å². The number of rotatable bonds is 3. The minimum Gasteiger partial charge on any atom is -0.349 e. The monoisotopic (exact) mass is 408 g/mol. The van der Waals surface area contributed by atoms with Crippen LogP contribution in [0.1, 0.15) is 11.1 Å². The Kier molecular flexibility index (Phi) is 4.75. The number of nitrogens with one attached hydrogen (secondary N) is 1. The average molecular weight is 409 g/mol. The first kappa shape index (κ1) is 17.8. The summed E-state index contributed by atoms with van der Waals surface area (Å²) >= 11 is 11.5. The third-order valence-electron chi connectivity index (χ3n) is 4.19. The summed E-state index contributed by atoms with van der Waals surface area (Å²) in [6, 6.07) is 5.63. The molecule has 1 aromatic carbocycles. The molecule has 0 amide bonds. The molecule has 3 heterocycles. The predicted octanol–water partition coefficient (Wildman–Crippen LogP) is 4.16. The van der Waals surface area contributed by atoms with E-state index < -0.39 is 11.6 Å². The quantitative estimate of drug-likeness (QED) is 0.656. The number of halogens is 4. The van der Waals surface area contributed by atoms with Crippen LogP contribution in [0.2, 0.25) is 10.6 Å². The van der Waals surface area contributed by atoms with E-state index in [2.05, 4.69) is 25.3 Å². The summed E-state index contributed by atoms with van der Waals surface area (Å²) in [6.07, 6.45) is 2.77. The molecule has 3 aromatic rings. The van der Waals surface area contributed by atoms with E-state index in [0.717, 1.165) is 23.5 Å². The fourth-order valence-corrected chi connectivity index (χ4v) is 3.21. The van der Waals surface area contributed by atoms with E-state index in [1.165, 1.54) is 0 Å². The summed E-state index contributed by atoms with van der Waals surface area (Å²) in [4.78, 5) is 16.8. The van der Waals surface area contributed by atoms with Crippen molar-refractivity contribution >= 4 is 40.5 Å². The van der Waals surface area contributed by atoms with Crippen molar-refractivity contribution in [2.45, 2.75) is 13.0 Å². The van der Waals surface area contributed by atoms with Crippen molar-refractivity contribution in [1.29, 1.82) is 0 Å². The summed E-state index contributed by atoms with van der Waals surface area (Å²) in [5, 5.41) is 2.82. The molecule has 0 unspecified atom stereocenters. The number of benzene rings is 1. The molecular weight excluding hydrogens is 397 g/mol. The molecule has 0 fully saturated rings. The highest BCUT2D eigenvalue weighted by Crippen LogP contribution is 2.28. The Morgan fingerprint density at radius 1 is 0.963 bits per heavy atom. The third kappa shape index (κ3) is 3.77. The highest BCUT2D eigenvalue weighted by molar-refractivity contribution is 6.28. The Bertz CT molecular complexity index is 1020. The summed E-state index contributed by atoms with van der Waals surface area (Å²) in [7, 11) is 0. The molecule has 0 radical (unpaired) electrons. The van der Waals surface area contributed by atoms with E-state index in [9.17, 15) is 8.78 Å². The second kappa shape index (κ2) is 7.21. The van der Waals surface area contributed by atoms with Gasteiger partial charge in [0.1, 0.15) is 0 Å². The molecule has 0 aliphatic carbocycles. The summed E-state index contributed by atoms with van der Waals surface area (Å²) in [5.41, 5.74) is 2.71. The molecular formula is C17H12Cl2F2N6. The Labute approximate surface area is 163 Å². The molecule has 0 bridgehead atoms. The molecule has 27 heavy (non-hydrogen) atoms. The molecule has 1 N–H and O–H groups in total. The van der Waals surface area contributed by atoms with Gasteiger partial charge < -0.3 is 10.2 Å². The van der Waals surface area contributed by atoms with Gasteiger partial charge in [-0.1, -0.05) is 6.07 Å². The number of fused-ring (bicyclic) bond motifs is 1. The molecule has 0 saturated carbocycles. The van der Waals surface area contributed by atoms with Crippen LogP contribution in [0.25, 0.3) is 0 Å². The zero-order valence-electron chi connectivity index (χ0n) is 13.8. The summed E-state index contributed by atoms with van der Waals surface area (Å²) in [6.45, 7) is 1.03. The molecule has 10 heteroatoms. The average Bonchev–Trinajstić information content (AvgIpc) is 2.66. The molecule has 138 valence electrons. The fourth-order valence-electron chi connectivity index (χ4n) is 2.94. The van der Waals surface area contributed by atoms with E-state index in [4.69, 9.17) is 23.2 Å². The van der Waals surface area contributed by atoms with E-state index in [1.807, 2.05) is 18.2 Å². The largest absolute Gasteiger partial charge is 0.349 e. The van der Waals surface area contributed by atoms with Gasteiger partial charge >= 0.3 is 0 Å². The van der Waals surface area contributed by atoms with Crippen LogP contribution in [0.4, 0.5) is 26.1 Å². The van der Waals surface area contributed by atoms with Crippen molar-refractivity contribution in [1.82, 2.24) is 19.9 Å². The molecule has 2 aromatic heterocycles. The van der Waals surface area contributed by atoms with Crippen molar-refractivity contribution in [2.24, 2.45) is 0 Å². The standard InChI is InChI=1S/C17H12Cl2F2N6/c18-16-22-6-12(20)14(25-16)24-11-2-1-9-3-4-27(8-10(9)5-11)15-13(21)7-23-17(19)26-15/h1-2,5-7H,3-4,8H2,(H,22,24,25). The number of aromatic nitrogens is 4. The SMILES string of the molecule is Fc1cnc(Cl)nc1Nc1ccc2c(c1)CN(c1nc(Cl)ncc1F)CC2. The Balaban J connectivity index is 1.60. The van der Waals surface area contributed by atoms with Gasteiger partial charge in [0.05, 0.1) is 12.4 Å². The van der Waals surface area contributed by atoms with Crippen LogP contribution in [-0.4, -0.2) is 26.5 Å². The molecule has 6 nitrogen and oxygen atoms in total. The third-order valence-corrected chi connectivity index (χ3v) is 4.56. The van der Waals surface area contributed by atoms with E-state index in [-0.39, 0.29) is 22.2 Å². The summed E-state index contributed by atoms with van der Waals surface area (Å²) in [5.74, 6) is -1.00. The lowest BCUT2D eigenvalue weighted by Crippen LogP contribution is -2.32. The van der Waals surface area contributed by atoms with Crippen LogP contribution in [0, 0.1) is 11.6 Å².